The summed E-state index contributed by atoms with van der Waals surface area (Å²) in [6.45, 7) is 3.55. The van der Waals surface area contributed by atoms with E-state index in [4.69, 9.17) is 4.74 Å². The molecule has 1 aliphatic rings. The van der Waals surface area contributed by atoms with E-state index in [0.29, 0.717) is 5.92 Å². The van der Waals surface area contributed by atoms with Crippen LogP contribution in [0.5, 0.6) is 5.75 Å². The van der Waals surface area contributed by atoms with Crippen LogP contribution in [-0.4, -0.2) is 40.9 Å². The van der Waals surface area contributed by atoms with Crippen LogP contribution in [0.15, 0.2) is 30.6 Å². The Kier molecular flexibility index (Phi) is 4.74. The number of carbonyl (C=O) groups is 1. The van der Waals surface area contributed by atoms with E-state index in [1.54, 1.807) is 7.11 Å². The molecule has 128 valence electrons. The molecule has 6 heteroatoms. The fourth-order valence-electron chi connectivity index (χ4n) is 3.25. The zero-order valence-corrected chi connectivity index (χ0v) is 14.5. The number of aryl methyl sites for hydroxylation is 2. The maximum absolute atomic E-state index is 12.4. The summed E-state index contributed by atoms with van der Waals surface area (Å²) in [5, 5.41) is 7.18. The number of benzene rings is 1. The molecule has 0 unspecified atom stereocenters. The van der Waals surface area contributed by atoms with Crippen molar-refractivity contribution in [3.8, 4) is 5.75 Å². The average Bonchev–Trinajstić information content (AvgIpc) is 3.17. The predicted octanol–water partition coefficient (Wildman–Crippen LogP) is 2.83. The van der Waals surface area contributed by atoms with Crippen molar-refractivity contribution >= 4 is 11.7 Å². The molecular formula is C18H24N4O2. The van der Waals surface area contributed by atoms with Gasteiger partial charge >= 0.3 is 6.03 Å². The van der Waals surface area contributed by atoms with E-state index in [0.717, 1.165) is 42.9 Å². The van der Waals surface area contributed by atoms with Gasteiger partial charge in [-0.1, -0.05) is 0 Å². The Morgan fingerprint density at radius 3 is 2.96 bits per heavy atom. The van der Waals surface area contributed by atoms with Gasteiger partial charge in [-0.3, -0.25) is 4.68 Å². The summed E-state index contributed by atoms with van der Waals surface area (Å²) in [6.07, 6.45) is 5.95. The number of rotatable bonds is 4. The number of amides is 2. The molecule has 1 aromatic carbocycles. The first-order valence-corrected chi connectivity index (χ1v) is 8.23. The predicted molar refractivity (Wildman–Crippen MR) is 93.3 cm³/mol. The smallest absolute Gasteiger partial charge is 0.321 e. The summed E-state index contributed by atoms with van der Waals surface area (Å²) in [5.41, 5.74) is 3.04. The van der Waals surface area contributed by atoms with E-state index in [-0.39, 0.29) is 6.03 Å². The number of nitrogens with zero attached hydrogens (tertiary/aromatic N) is 3. The first kappa shape index (κ1) is 16.4. The Hall–Kier alpha value is -2.50. The molecule has 2 heterocycles. The molecule has 1 saturated heterocycles. The summed E-state index contributed by atoms with van der Waals surface area (Å²) in [4.78, 5) is 14.3. The standard InChI is InChI=1S/C18H24N4O2/c1-13-8-16(4-5-17(13)24-3)20-18(23)22-7-6-14(12-22)9-15-10-19-21(2)11-15/h4-5,8,10-11,14H,6-7,9,12H2,1-3H3,(H,20,23)/t14-/m0/s1. The summed E-state index contributed by atoms with van der Waals surface area (Å²) < 4.78 is 7.07. The number of carbonyl (C=O) groups excluding carboxylic acids is 1. The normalized spacial score (nSPS) is 17.1. The summed E-state index contributed by atoms with van der Waals surface area (Å²) in [5.74, 6) is 1.32. The number of likely N-dealkylation sites (tertiary alicyclic amines) is 1. The highest BCUT2D eigenvalue weighted by molar-refractivity contribution is 5.89. The van der Waals surface area contributed by atoms with Crippen molar-refractivity contribution in [3.63, 3.8) is 0 Å². The molecule has 0 radical (unpaired) electrons. The first-order valence-electron chi connectivity index (χ1n) is 8.23. The Bertz CT molecular complexity index is 726. The van der Waals surface area contributed by atoms with E-state index in [9.17, 15) is 4.79 Å². The summed E-state index contributed by atoms with van der Waals surface area (Å²) in [7, 11) is 3.57. The van der Waals surface area contributed by atoms with Gasteiger partial charge in [0.2, 0.25) is 0 Å². The Labute approximate surface area is 142 Å². The minimum Gasteiger partial charge on any atom is -0.496 e. The molecule has 1 atom stereocenters. The SMILES string of the molecule is COc1ccc(NC(=O)N2CC[C@@H](Cc3cnn(C)c3)C2)cc1C. The number of anilines is 1. The molecule has 1 N–H and O–H groups in total. The van der Waals surface area contributed by atoms with Gasteiger partial charge in [-0.25, -0.2) is 4.79 Å². The zero-order chi connectivity index (χ0) is 17.1. The lowest BCUT2D eigenvalue weighted by atomic mass is 10.0. The van der Waals surface area contributed by atoms with Gasteiger partial charge in [-0.2, -0.15) is 5.10 Å². The van der Waals surface area contributed by atoms with E-state index in [1.807, 2.05) is 54.1 Å². The lowest BCUT2D eigenvalue weighted by Gasteiger charge is -2.18. The van der Waals surface area contributed by atoms with Gasteiger partial charge in [0.05, 0.1) is 13.3 Å². The van der Waals surface area contributed by atoms with Crippen LogP contribution in [0.25, 0.3) is 0 Å². The van der Waals surface area contributed by atoms with Gasteiger partial charge in [-0.15, -0.1) is 0 Å². The Morgan fingerprint density at radius 2 is 2.29 bits per heavy atom. The number of hydrogen-bond acceptors (Lipinski definition) is 3. The molecule has 6 nitrogen and oxygen atoms in total. The van der Waals surface area contributed by atoms with Crippen molar-refractivity contribution < 1.29 is 9.53 Å². The van der Waals surface area contributed by atoms with Gasteiger partial charge in [-0.05, 0) is 55.0 Å². The number of methoxy groups -OCH3 is 1. The minimum absolute atomic E-state index is 0.0340. The monoisotopic (exact) mass is 328 g/mol. The van der Waals surface area contributed by atoms with E-state index in [2.05, 4.69) is 10.4 Å². The number of urea groups is 1. The number of aromatic nitrogens is 2. The van der Waals surface area contributed by atoms with Crippen LogP contribution >= 0.6 is 0 Å². The third kappa shape index (κ3) is 3.69. The van der Waals surface area contributed by atoms with Crippen LogP contribution in [-0.2, 0) is 13.5 Å². The highest BCUT2D eigenvalue weighted by Gasteiger charge is 2.26. The van der Waals surface area contributed by atoms with Crippen molar-refractivity contribution in [2.45, 2.75) is 19.8 Å². The van der Waals surface area contributed by atoms with Crippen molar-refractivity contribution in [2.75, 3.05) is 25.5 Å². The molecule has 1 aliphatic heterocycles. The van der Waals surface area contributed by atoms with E-state index >= 15 is 0 Å². The van der Waals surface area contributed by atoms with Crippen LogP contribution in [0, 0.1) is 12.8 Å². The zero-order valence-electron chi connectivity index (χ0n) is 14.5. The van der Waals surface area contributed by atoms with Crippen molar-refractivity contribution in [3.05, 3.63) is 41.7 Å². The van der Waals surface area contributed by atoms with Gasteiger partial charge in [0, 0.05) is 32.0 Å². The maximum Gasteiger partial charge on any atom is 0.321 e. The quantitative estimate of drug-likeness (QED) is 0.939. The summed E-state index contributed by atoms with van der Waals surface area (Å²) >= 11 is 0. The number of ether oxygens (including phenoxy) is 1. The highest BCUT2D eigenvalue weighted by atomic mass is 16.5. The minimum atomic E-state index is -0.0340. The van der Waals surface area contributed by atoms with Gasteiger partial charge in [0.1, 0.15) is 5.75 Å². The Morgan fingerprint density at radius 1 is 1.46 bits per heavy atom. The van der Waals surface area contributed by atoms with Crippen molar-refractivity contribution in [1.82, 2.24) is 14.7 Å². The summed E-state index contributed by atoms with van der Waals surface area (Å²) in [6, 6.07) is 5.64. The van der Waals surface area contributed by atoms with Crippen molar-refractivity contribution in [2.24, 2.45) is 13.0 Å². The number of nitrogens with one attached hydrogen (secondary N) is 1. The fraction of sp³-hybridized carbons (Fsp3) is 0.444. The van der Waals surface area contributed by atoms with Crippen LogP contribution < -0.4 is 10.1 Å². The van der Waals surface area contributed by atoms with Crippen LogP contribution in [0.2, 0.25) is 0 Å². The molecule has 1 aromatic heterocycles. The molecular weight excluding hydrogens is 304 g/mol. The largest absolute Gasteiger partial charge is 0.496 e. The fourth-order valence-corrected chi connectivity index (χ4v) is 3.25. The van der Waals surface area contributed by atoms with Crippen LogP contribution in [0.4, 0.5) is 10.5 Å². The second kappa shape index (κ2) is 6.95. The second-order valence-corrected chi connectivity index (χ2v) is 6.44. The van der Waals surface area contributed by atoms with Gasteiger partial charge < -0.3 is 15.0 Å². The molecule has 0 aliphatic carbocycles. The van der Waals surface area contributed by atoms with Crippen LogP contribution in [0.3, 0.4) is 0 Å². The molecule has 0 bridgehead atoms. The van der Waals surface area contributed by atoms with Crippen molar-refractivity contribution in [1.29, 1.82) is 0 Å². The molecule has 3 rings (SSSR count). The maximum atomic E-state index is 12.4. The lowest BCUT2D eigenvalue weighted by molar-refractivity contribution is 0.221. The first-order chi connectivity index (χ1) is 11.5. The molecule has 0 spiro atoms. The molecule has 2 aromatic rings. The molecule has 1 fully saturated rings. The molecule has 0 saturated carbocycles. The average molecular weight is 328 g/mol. The van der Waals surface area contributed by atoms with Crippen LogP contribution in [0.1, 0.15) is 17.5 Å². The molecule has 2 amide bonds. The third-order valence-electron chi connectivity index (χ3n) is 4.50. The van der Waals surface area contributed by atoms with E-state index < -0.39 is 0 Å². The van der Waals surface area contributed by atoms with Gasteiger partial charge in [0.15, 0.2) is 0 Å². The topological polar surface area (TPSA) is 59.4 Å². The highest BCUT2D eigenvalue weighted by Crippen LogP contribution is 2.24. The second-order valence-electron chi connectivity index (χ2n) is 6.44. The third-order valence-corrected chi connectivity index (χ3v) is 4.50. The van der Waals surface area contributed by atoms with Gasteiger partial charge in [0.25, 0.3) is 0 Å². The molecule has 24 heavy (non-hydrogen) atoms. The Balaban J connectivity index is 1.55. The lowest BCUT2D eigenvalue weighted by Crippen LogP contribution is -2.33. The van der Waals surface area contributed by atoms with E-state index in [1.165, 1.54) is 5.56 Å². The number of hydrogen-bond donors (Lipinski definition) is 1.